The van der Waals surface area contributed by atoms with E-state index in [4.69, 9.17) is 4.74 Å². The van der Waals surface area contributed by atoms with Crippen molar-refractivity contribution >= 4 is 23.4 Å². The third-order valence-corrected chi connectivity index (χ3v) is 2.81. The van der Waals surface area contributed by atoms with Crippen molar-refractivity contribution in [1.29, 1.82) is 0 Å². The molecule has 0 amide bonds. The summed E-state index contributed by atoms with van der Waals surface area (Å²) >= 11 is 1.70. The van der Waals surface area contributed by atoms with E-state index >= 15 is 0 Å². The summed E-state index contributed by atoms with van der Waals surface area (Å²) in [6.07, 6.45) is 5.82. The first-order chi connectivity index (χ1) is 7.76. The highest BCUT2D eigenvalue weighted by atomic mass is 32.2. The lowest BCUT2D eigenvalue weighted by molar-refractivity contribution is 0.0602. The summed E-state index contributed by atoms with van der Waals surface area (Å²) in [6.45, 7) is 0. The molecule has 0 unspecified atom stereocenters. The Bertz CT molecular complexity index is 522. The molecule has 0 bridgehead atoms. The van der Waals surface area contributed by atoms with Crippen molar-refractivity contribution in [2.75, 3.05) is 13.4 Å². The van der Waals surface area contributed by atoms with E-state index in [1.807, 2.05) is 29.1 Å². The molecule has 0 saturated heterocycles. The van der Waals surface area contributed by atoms with Gasteiger partial charge in [-0.05, 0) is 18.4 Å². The fraction of sp³-hybridized carbons (Fsp3) is 0.273. The predicted molar refractivity (Wildman–Crippen MR) is 63.8 cm³/mol. The number of imidazole rings is 1. The standard InChI is InChI=1S/C11H12N2O2S/c1-15-11(14)9-4-3-5-13-6-8(7-16-2)12-10(9)13/h3-6H,7H2,1-2H3. The van der Waals surface area contributed by atoms with Crippen LogP contribution in [0.1, 0.15) is 16.1 Å². The van der Waals surface area contributed by atoms with Gasteiger partial charge in [-0.25, -0.2) is 9.78 Å². The zero-order valence-electron chi connectivity index (χ0n) is 9.14. The molecule has 2 rings (SSSR count). The van der Waals surface area contributed by atoms with Gasteiger partial charge in [0.25, 0.3) is 0 Å². The van der Waals surface area contributed by atoms with Crippen LogP contribution in [-0.2, 0) is 10.5 Å². The minimum absolute atomic E-state index is 0.355. The summed E-state index contributed by atoms with van der Waals surface area (Å²) in [7, 11) is 1.37. The Kier molecular flexibility index (Phi) is 3.14. The molecule has 84 valence electrons. The van der Waals surface area contributed by atoms with Crippen LogP contribution in [0.15, 0.2) is 24.5 Å². The second-order valence-electron chi connectivity index (χ2n) is 3.31. The van der Waals surface area contributed by atoms with Crippen molar-refractivity contribution in [2.45, 2.75) is 5.75 Å². The Morgan fingerprint density at radius 3 is 3.12 bits per heavy atom. The fourth-order valence-electron chi connectivity index (χ4n) is 1.55. The lowest BCUT2D eigenvalue weighted by Crippen LogP contribution is -2.03. The van der Waals surface area contributed by atoms with E-state index in [2.05, 4.69) is 4.98 Å². The Morgan fingerprint density at radius 1 is 1.62 bits per heavy atom. The summed E-state index contributed by atoms with van der Waals surface area (Å²) in [6, 6.07) is 3.53. The van der Waals surface area contributed by atoms with E-state index in [1.165, 1.54) is 7.11 Å². The van der Waals surface area contributed by atoms with Crippen LogP contribution in [0.3, 0.4) is 0 Å². The number of carbonyl (C=O) groups is 1. The number of aromatic nitrogens is 2. The van der Waals surface area contributed by atoms with Crippen molar-refractivity contribution in [3.8, 4) is 0 Å². The average molecular weight is 236 g/mol. The number of ether oxygens (including phenoxy) is 1. The van der Waals surface area contributed by atoms with Gasteiger partial charge in [-0.15, -0.1) is 0 Å². The van der Waals surface area contributed by atoms with Crippen molar-refractivity contribution in [3.05, 3.63) is 35.8 Å². The van der Waals surface area contributed by atoms with Gasteiger partial charge in [0, 0.05) is 18.1 Å². The van der Waals surface area contributed by atoms with Crippen molar-refractivity contribution < 1.29 is 9.53 Å². The van der Waals surface area contributed by atoms with Crippen LogP contribution in [0.2, 0.25) is 0 Å². The first kappa shape index (κ1) is 11.0. The lowest BCUT2D eigenvalue weighted by Gasteiger charge is -2.00. The molecule has 0 fully saturated rings. The average Bonchev–Trinajstić information content (AvgIpc) is 2.70. The highest BCUT2D eigenvalue weighted by molar-refractivity contribution is 7.97. The topological polar surface area (TPSA) is 43.6 Å². The van der Waals surface area contributed by atoms with Crippen LogP contribution in [-0.4, -0.2) is 28.7 Å². The maximum absolute atomic E-state index is 11.5. The fourth-order valence-corrected chi connectivity index (χ4v) is 1.99. The quantitative estimate of drug-likeness (QED) is 0.764. The van der Waals surface area contributed by atoms with E-state index in [0.717, 1.165) is 11.4 Å². The monoisotopic (exact) mass is 236 g/mol. The van der Waals surface area contributed by atoms with Crippen LogP contribution < -0.4 is 0 Å². The number of methoxy groups -OCH3 is 1. The van der Waals surface area contributed by atoms with Crippen LogP contribution in [0.4, 0.5) is 0 Å². The summed E-state index contributed by atoms with van der Waals surface area (Å²) in [5.74, 6) is 0.481. The normalized spacial score (nSPS) is 10.6. The molecule has 0 spiro atoms. The summed E-state index contributed by atoms with van der Waals surface area (Å²) in [5.41, 5.74) is 2.11. The predicted octanol–water partition coefficient (Wildman–Crippen LogP) is 1.98. The van der Waals surface area contributed by atoms with Gasteiger partial charge in [-0.1, -0.05) is 0 Å². The lowest BCUT2D eigenvalue weighted by atomic mass is 10.3. The van der Waals surface area contributed by atoms with Gasteiger partial charge in [0.05, 0.1) is 12.8 Å². The van der Waals surface area contributed by atoms with E-state index < -0.39 is 0 Å². The molecule has 16 heavy (non-hydrogen) atoms. The SMILES string of the molecule is COC(=O)c1cccn2cc(CSC)nc12. The first-order valence-electron chi connectivity index (χ1n) is 4.80. The molecule has 0 aromatic carbocycles. The van der Waals surface area contributed by atoms with Gasteiger partial charge in [-0.3, -0.25) is 0 Å². The number of thioether (sulfide) groups is 1. The van der Waals surface area contributed by atoms with Crippen molar-refractivity contribution in [3.63, 3.8) is 0 Å². The van der Waals surface area contributed by atoms with Gasteiger partial charge in [0.15, 0.2) is 5.65 Å². The van der Waals surface area contributed by atoms with E-state index in [-0.39, 0.29) is 5.97 Å². The number of nitrogens with zero attached hydrogens (tertiary/aromatic N) is 2. The largest absolute Gasteiger partial charge is 0.465 e. The second-order valence-corrected chi connectivity index (χ2v) is 4.18. The second kappa shape index (κ2) is 4.57. The molecule has 5 heteroatoms. The Morgan fingerprint density at radius 2 is 2.44 bits per heavy atom. The third kappa shape index (κ3) is 1.90. The minimum Gasteiger partial charge on any atom is -0.465 e. The summed E-state index contributed by atoms with van der Waals surface area (Å²) < 4.78 is 6.56. The number of carbonyl (C=O) groups excluding carboxylic acids is 1. The zero-order valence-corrected chi connectivity index (χ0v) is 9.95. The Hall–Kier alpha value is -1.49. The van der Waals surface area contributed by atoms with Gasteiger partial charge >= 0.3 is 5.97 Å². The number of hydrogen-bond acceptors (Lipinski definition) is 4. The van der Waals surface area contributed by atoms with Crippen LogP contribution >= 0.6 is 11.8 Å². The number of pyridine rings is 1. The highest BCUT2D eigenvalue weighted by Crippen LogP contribution is 2.14. The molecular weight excluding hydrogens is 224 g/mol. The Balaban J connectivity index is 2.54. The molecule has 0 N–H and O–H groups in total. The van der Waals surface area contributed by atoms with E-state index in [1.54, 1.807) is 17.8 Å². The van der Waals surface area contributed by atoms with Crippen LogP contribution in [0.25, 0.3) is 5.65 Å². The van der Waals surface area contributed by atoms with Crippen molar-refractivity contribution in [2.24, 2.45) is 0 Å². The summed E-state index contributed by atoms with van der Waals surface area (Å²) in [5, 5.41) is 0. The molecule has 0 radical (unpaired) electrons. The molecule has 0 atom stereocenters. The molecule has 0 aliphatic rings. The van der Waals surface area contributed by atoms with E-state index in [9.17, 15) is 4.79 Å². The molecule has 2 aromatic heterocycles. The van der Waals surface area contributed by atoms with E-state index in [0.29, 0.717) is 11.2 Å². The van der Waals surface area contributed by atoms with Gasteiger partial charge < -0.3 is 9.14 Å². The molecule has 4 nitrogen and oxygen atoms in total. The number of hydrogen-bond donors (Lipinski definition) is 0. The van der Waals surface area contributed by atoms with Crippen molar-refractivity contribution in [1.82, 2.24) is 9.38 Å². The van der Waals surface area contributed by atoms with Gasteiger partial charge in [0.1, 0.15) is 5.56 Å². The molecule has 0 saturated carbocycles. The number of rotatable bonds is 3. The molecule has 0 aliphatic carbocycles. The highest BCUT2D eigenvalue weighted by Gasteiger charge is 2.12. The molecule has 2 heterocycles. The maximum atomic E-state index is 11.5. The number of fused-ring (bicyclic) bond motifs is 1. The molecular formula is C11H12N2O2S. The smallest absolute Gasteiger partial charge is 0.341 e. The molecule has 2 aromatic rings. The minimum atomic E-state index is -0.355. The van der Waals surface area contributed by atoms with Crippen LogP contribution in [0.5, 0.6) is 0 Å². The zero-order chi connectivity index (χ0) is 11.5. The van der Waals surface area contributed by atoms with Gasteiger partial charge in [0.2, 0.25) is 0 Å². The van der Waals surface area contributed by atoms with Crippen LogP contribution in [0, 0.1) is 0 Å². The van der Waals surface area contributed by atoms with Gasteiger partial charge in [-0.2, -0.15) is 11.8 Å². The summed E-state index contributed by atoms with van der Waals surface area (Å²) in [4.78, 5) is 15.9. The molecule has 0 aliphatic heterocycles. The number of esters is 1. The third-order valence-electron chi connectivity index (χ3n) is 2.23. The Labute approximate surface area is 97.6 Å². The first-order valence-corrected chi connectivity index (χ1v) is 6.19. The maximum Gasteiger partial charge on any atom is 0.341 e.